The molecule has 0 amide bonds. The van der Waals surface area contributed by atoms with Gasteiger partial charge in [0.1, 0.15) is 11.8 Å². The van der Waals surface area contributed by atoms with Crippen molar-refractivity contribution in [3.05, 3.63) is 34.9 Å². The highest BCUT2D eigenvalue weighted by atomic mass is 32.1. The molecule has 0 spiro atoms. The molecule has 1 N–H and O–H groups in total. The first kappa shape index (κ1) is 14.7. The Morgan fingerprint density at radius 1 is 1.35 bits per heavy atom. The number of rotatable bonds is 4. The summed E-state index contributed by atoms with van der Waals surface area (Å²) in [6.45, 7) is 4.04. The molecule has 1 fully saturated rings. The smallest absolute Gasteiger partial charge is 0.230 e. The summed E-state index contributed by atoms with van der Waals surface area (Å²) in [6.07, 6.45) is 6.08. The van der Waals surface area contributed by atoms with E-state index in [-0.39, 0.29) is 11.9 Å². The molecule has 1 unspecified atom stereocenters. The first-order valence-electron chi connectivity index (χ1n) is 8.12. The number of thiazole rings is 1. The van der Waals surface area contributed by atoms with E-state index in [1.54, 1.807) is 10.8 Å². The van der Waals surface area contributed by atoms with Crippen molar-refractivity contribution in [2.75, 3.05) is 13.1 Å². The summed E-state index contributed by atoms with van der Waals surface area (Å²) in [5, 5.41) is 15.1. The predicted octanol–water partition coefficient (Wildman–Crippen LogP) is 3.23. The molecule has 0 bridgehead atoms. The van der Waals surface area contributed by atoms with E-state index in [4.69, 9.17) is 4.42 Å². The van der Waals surface area contributed by atoms with Gasteiger partial charge in [-0.05, 0) is 38.1 Å². The Labute approximate surface area is 138 Å². The van der Waals surface area contributed by atoms with E-state index in [1.807, 2.05) is 19.1 Å². The summed E-state index contributed by atoms with van der Waals surface area (Å²) in [4.78, 5) is 8.47. The summed E-state index contributed by atoms with van der Waals surface area (Å²) in [5.41, 5.74) is 0. The van der Waals surface area contributed by atoms with Crippen LogP contribution in [0.15, 0.2) is 22.8 Å². The Balaban J connectivity index is 1.79. The highest BCUT2D eigenvalue weighted by Crippen LogP contribution is 2.40. The van der Waals surface area contributed by atoms with E-state index in [0.717, 1.165) is 40.9 Å². The lowest BCUT2D eigenvalue weighted by molar-refractivity contribution is 0.169. The second-order valence-corrected chi connectivity index (χ2v) is 6.89. The standard InChI is InChI=1S/C16H20N4O2S/c1-2-12-17-16-20(18-12)15(21)14(23-16)13(11-7-6-10-22-11)19-8-4-3-5-9-19/h6-7,10,13,21H,2-5,8-9H2,1H3. The van der Waals surface area contributed by atoms with Gasteiger partial charge in [-0.25, -0.2) is 4.98 Å². The van der Waals surface area contributed by atoms with Crippen molar-refractivity contribution >= 4 is 16.3 Å². The number of piperidine rings is 1. The monoisotopic (exact) mass is 332 g/mol. The van der Waals surface area contributed by atoms with Crippen molar-refractivity contribution in [3.8, 4) is 5.88 Å². The predicted molar refractivity (Wildman–Crippen MR) is 87.9 cm³/mol. The van der Waals surface area contributed by atoms with Crippen LogP contribution in [0.25, 0.3) is 4.96 Å². The molecule has 0 radical (unpaired) electrons. The van der Waals surface area contributed by atoms with Gasteiger partial charge in [0.05, 0.1) is 11.1 Å². The highest BCUT2D eigenvalue weighted by Gasteiger charge is 2.32. The zero-order valence-electron chi connectivity index (χ0n) is 13.1. The summed E-state index contributed by atoms with van der Waals surface area (Å²) in [7, 11) is 0. The molecular weight excluding hydrogens is 312 g/mol. The van der Waals surface area contributed by atoms with Crippen LogP contribution in [0.5, 0.6) is 5.88 Å². The van der Waals surface area contributed by atoms with E-state index in [1.165, 1.54) is 30.6 Å². The Morgan fingerprint density at radius 3 is 2.83 bits per heavy atom. The molecule has 3 aromatic heterocycles. The summed E-state index contributed by atoms with van der Waals surface area (Å²) < 4.78 is 7.23. The molecule has 3 aromatic rings. The summed E-state index contributed by atoms with van der Waals surface area (Å²) in [6, 6.07) is 3.81. The Bertz CT molecular complexity index is 787. The molecule has 1 saturated heterocycles. The first-order chi connectivity index (χ1) is 11.3. The molecular formula is C16H20N4O2S. The van der Waals surface area contributed by atoms with Crippen LogP contribution in [-0.4, -0.2) is 37.7 Å². The lowest BCUT2D eigenvalue weighted by atomic mass is 10.1. The molecule has 23 heavy (non-hydrogen) atoms. The molecule has 4 rings (SSSR count). The number of hydrogen-bond acceptors (Lipinski definition) is 6. The SMILES string of the molecule is CCc1nc2sc(C(c3ccco3)N3CCCCC3)c(O)n2n1. The molecule has 6 nitrogen and oxygen atoms in total. The maximum Gasteiger partial charge on any atom is 0.230 e. The van der Waals surface area contributed by atoms with Crippen molar-refractivity contribution in [1.29, 1.82) is 0 Å². The number of fused-ring (bicyclic) bond motifs is 1. The van der Waals surface area contributed by atoms with Crippen LogP contribution in [0.2, 0.25) is 0 Å². The fourth-order valence-electron chi connectivity index (χ4n) is 3.22. The minimum absolute atomic E-state index is 0.0659. The van der Waals surface area contributed by atoms with Crippen LogP contribution >= 0.6 is 11.3 Å². The van der Waals surface area contributed by atoms with E-state index in [0.29, 0.717) is 0 Å². The molecule has 1 atom stereocenters. The fraction of sp³-hybridized carbons (Fsp3) is 0.500. The number of nitrogens with zero attached hydrogens (tertiary/aromatic N) is 4. The fourth-order valence-corrected chi connectivity index (χ4v) is 4.33. The van der Waals surface area contributed by atoms with Gasteiger partial charge in [0.25, 0.3) is 0 Å². The van der Waals surface area contributed by atoms with Gasteiger partial charge in [0.2, 0.25) is 10.8 Å². The van der Waals surface area contributed by atoms with Gasteiger partial charge in [-0.3, -0.25) is 4.90 Å². The zero-order valence-corrected chi connectivity index (χ0v) is 13.9. The molecule has 0 saturated carbocycles. The molecule has 0 aromatic carbocycles. The van der Waals surface area contributed by atoms with Crippen molar-refractivity contribution in [3.63, 3.8) is 0 Å². The summed E-state index contributed by atoms with van der Waals surface area (Å²) in [5.74, 6) is 1.80. The van der Waals surface area contributed by atoms with Crippen LogP contribution in [0.3, 0.4) is 0 Å². The van der Waals surface area contributed by atoms with Crippen molar-refractivity contribution in [2.45, 2.75) is 38.6 Å². The largest absolute Gasteiger partial charge is 0.492 e. The number of hydrogen-bond donors (Lipinski definition) is 1. The topological polar surface area (TPSA) is 66.8 Å². The Kier molecular flexibility index (Phi) is 3.82. The molecule has 7 heteroatoms. The minimum atomic E-state index is -0.0659. The van der Waals surface area contributed by atoms with E-state index >= 15 is 0 Å². The second-order valence-electron chi connectivity index (χ2n) is 5.88. The van der Waals surface area contributed by atoms with Crippen LogP contribution in [0.1, 0.15) is 48.7 Å². The molecule has 4 heterocycles. The number of furan rings is 1. The van der Waals surface area contributed by atoms with Gasteiger partial charge in [-0.1, -0.05) is 24.7 Å². The number of likely N-dealkylation sites (tertiary alicyclic amines) is 1. The van der Waals surface area contributed by atoms with Crippen molar-refractivity contribution in [2.24, 2.45) is 0 Å². The molecule has 1 aliphatic heterocycles. The third-order valence-electron chi connectivity index (χ3n) is 4.38. The van der Waals surface area contributed by atoms with E-state index in [2.05, 4.69) is 15.0 Å². The lowest BCUT2D eigenvalue weighted by Gasteiger charge is -2.32. The van der Waals surface area contributed by atoms with Gasteiger partial charge in [0.15, 0.2) is 5.82 Å². The molecule has 1 aliphatic rings. The van der Waals surface area contributed by atoms with Gasteiger partial charge in [0, 0.05) is 6.42 Å². The van der Waals surface area contributed by atoms with Crippen molar-refractivity contribution < 1.29 is 9.52 Å². The van der Waals surface area contributed by atoms with Crippen molar-refractivity contribution in [1.82, 2.24) is 19.5 Å². The van der Waals surface area contributed by atoms with Crippen LogP contribution in [0, 0.1) is 0 Å². The number of aromatic nitrogens is 3. The van der Waals surface area contributed by atoms with Crippen LogP contribution in [-0.2, 0) is 6.42 Å². The van der Waals surface area contributed by atoms with Gasteiger partial charge < -0.3 is 9.52 Å². The quantitative estimate of drug-likeness (QED) is 0.794. The maximum atomic E-state index is 10.7. The van der Waals surface area contributed by atoms with Gasteiger partial charge >= 0.3 is 0 Å². The normalized spacial score (nSPS) is 17.8. The average molecular weight is 332 g/mol. The minimum Gasteiger partial charge on any atom is -0.492 e. The van der Waals surface area contributed by atoms with Crippen LogP contribution < -0.4 is 0 Å². The zero-order chi connectivity index (χ0) is 15.8. The third-order valence-corrected chi connectivity index (χ3v) is 5.45. The first-order valence-corrected chi connectivity index (χ1v) is 8.94. The van der Waals surface area contributed by atoms with Gasteiger partial charge in [-0.2, -0.15) is 4.52 Å². The van der Waals surface area contributed by atoms with E-state index < -0.39 is 0 Å². The Hall–Kier alpha value is -1.86. The molecule has 122 valence electrons. The third kappa shape index (κ3) is 2.53. The number of aryl methyl sites for hydroxylation is 1. The highest BCUT2D eigenvalue weighted by molar-refractivity contribution is 7.17. The summed E-state index contributed by atoms with van der Waals surface area (Å²) >= 11 is 1.50. The Morgan fingerprint density at radius 2 is 2.17 bits per heavy atom. The van der Waals surface area contributed by atoms with Gasteiger partial charge in [-0.15, -0.1) is 5.10 Å². The lowest BCUT2D eigenvalue weighted by Crippen LogP contribution is -2.33. The van der Waals surface area contributed by atoms with Crippen LogP contribution in [0.4, 0.5) is 0 Å². The number of aromatic hydroxyl groups is 1. The second kappa shape index (κ2) is 5.98. The maximum absolute atomic E-state index is 10.7. The molecule has 0 aliphatic carbocycles. The van der Waals surface area contributed by atoms with E-state index in [9.17, 15) is 5.11 Å². The average Bonchev–Trinajstić information content (AvgIpc) is 3.29.